The molecule has 5 heteroatoms. The summed E-state index contributed by atoms with van der Waals surface area (Å²) in [6, 6.07) is 3.61. The zero-order valence-corrected chi connectivity index (χ0v) is 10.0. The molecule has 0 saturated carbocycles. The summed E-state index contributed by atoms with van der Waals surface area (Å²) in [6.07, 6.45) is 0. The summed E-state index contributed by atoms with van der Waals surface area (Å²) in [5.41, 5.74) is 5.50. The molecule has 0 heterocycles. The first kappa shape index (κ1) is 13.0. The Morgan fingerprint density at radius 3 is 2.38 bits per heavy atom. The average Bonchev–Trinajstić information content (AvgIpc) is 2.22. The van der Waals surface area contributed by atoms with E-state index >= 15 is 0 Å². The Morgan fingerprint density at radius 1 is 1.44 bits per heavy atom. The van der Waals surface area contributed by atoms with E-state index in [4.69, 9.17) is 18.0 Å². The van der Waals surface area contributed by atoms with Gasteiger partial charge in [-0.1, -0.05) is 18.3 Å². The minimum Gasteiger partial charge on any atom is -0.392 e. The highest BCUT2D eigenvalue weighted by Crippen LogP contribution is 2.15. The summed E-state index contributed by atoms with van der Waals surface area (Å²) < 4.78 is 26.7. The zero-order valence-electron chi connectivity index (χ0n) is 9.21. The van der Waals surface area contributed by atoms with E-state index in [1.807, 2.05) is 0 Å². The molecule has 0 bridgehead atoms. The van der Waals surface area contributed by atoms with Crippen LogP contribution >= 0.6 is 12.2 Å². The van der Waals surface area contributed by atoms with Crippen molar-refractivity contribution in [1.82, 2.24) is 4.90 Å². The fourth-order valence-corrected chi connectivity index (χ4v) is 1.47. The molecule has 0 aliphatic rings. The van der Waals surface area contributed by atoms with E-state index in [1.165, 1.54) is 18.2 Å². The molecule has 0 aromatic heterocycles. The van der Waals surface area contributed by atoms with Crippen molar-refractivity contribution in [2.45, 2.75) is 19.5 Å². The number of hydrogen-bond acceptors (Lipinski definition) is 2. The summed E-state index contributed by atoms with van der Waals surface area (Å²) in [6.45, 7) is 1.93. The lowest BCUT2D eigenvalue weighted by Gasteiger charge is -2.23. The number of hydrogen-bond donors (Lipinski definition) is 1. The van der Waals surface area contributed by atoms with Gasteiger partial charge in [0.2, 0.25) is 0 Å². The van der Waals surface area contributed by atoms with Gasteiger partial charge in [0.15, 0.2) is 0 Å². The maximum Gasteiger partial charge on any atom is 0.130 e. The van der Waals surface area contributed by atoms with Crippen LogP contribution in [0.4, 0.5) is 8.78 Å². The van der Waals surface area contributed by atoms with Crippen LogP contribution in [0.2, 0.25) is 0 Å². The van der Waals surface area contributed by atoms with E-state index in [9.17, 15) is 8.78 Å². The van der Waals surface area contributed by atoms with Gasteiger partial charge in [-0.25, -0.2) is 8.78 Å². The first-order valence-electron chi connectivity index (χ1n) is 4.86. The van der Waals surface area contributed by atoms with Crippen LogP contribution in [-0.2, 0) is 6.54 Å². The number of thiocarbonyl (C=S) groups is 1. The second-order valence-corrected chi connectivity index (χ2v) is 4.17. The molecule has 2 N–H and O–H groups in total. The molecule has 1 atom stereocenters. The molecule has 0 aliphatic heterocycles. The molecule has 0 amide bonds. The highest BCUT2D eigenvalue weighted by molar-refractivity contribution is 7.80. The van der Waals surface area contributed by atoms with Gasteiger partial charge in [-0.15, -0.1) is 0 Å². The number of benzene rings is 1. The van der Waals surface area contributed by atoms with Gasteiger partial charge in [-0.3, -0.25) is 4.90 Å². The van der Waals surface area contributed by atoms with Gasteiger partial charge in [0.1, 0.15) is 11.6 Å². The predicted molar refractivity (Wildman–Crippen MR) is 64.1 cm³/mol. The van der Waals surface area contributed by atoms with Crippen molar-refractivity contribution in [3.8, 4) is 0 Å². The maximum absolute atomic E-state index is 13.3. The van der Waals surface area contributed by atoms with Crippen molar-refractivity contribution in [3.05, 3.63) is 35.4 Å². The SMILES string of the molecule is CC(C(N)=S)N(C)Cc1c(F)cccc1F. The van der Waals surface area contributed by atoms with Gasteiger partial charge in [0, 0.05) is 12.1 Å². The summed E-state index contributed by atoms with van der Waals surface area (Å²) in [7, 11) is 1.72. The molecular formula is C11H14F2N2S. The number of likely N-dealkylation sites (N-methyl/N-ethyl adjacent to an activating group) is 1. The zero-order chi connectivity index (χ0) is 12.3. The topological polar surface area (TPSA) is 29.3 Å². The Bertz CT molecular complexity index is 375. The quantitative estimate of drug-likeness (QED) is 0.822. The Morgan fingerprint density at radius 2 is 1.94 bits per heavy atom. The Balaban J connectivity index is 2.84. The van der Waals surface area contributed by atoms with Crippen LogP contribution in [0.5, 0.6) is 0 Å². The first-order valence-corrected chi connectivity index (χ1v) is 5.26. The monoisotopic (exact) mass is 244 g/mol. The molecule has 0 spiro atoms. The third-order valence-electron chi connectivity index (χ3n) is 2.54. The largest absolute Gasteiger partial charge is 0.392 e. The molecule has 0 aliphatic carbocycles. The molecule has 16 heavy (non-hydrogen) atoms. The average molecular weight is 244 g/mol. The number of nitrogens with two attached hydrogens (primary N) is 1. The predicted octanol–water partition coefficient (Wildman–Crippen LogP) is 2.07. The van der Waals surface area contributed by atoms with Crippen LogP contribution in [0.1, 0.15) is 12.5 Å². The Labute approximate surface area is 99.0 Å². The molecule has 0 fully saturated rings. The summed E-state index contributed by atoms with van der Waals surface area (Å²) >= 11 is 4.82. The normalized spacial score (nSPS) is 12.8. The molecule has 2 nitrogen and oxygen atoms in total. The van der Waals surface area contributed by atoms with E-state index in [2.05, 4.69) is 0 Å². The molecule has 1 rings (SSSR count). The highest BCUT2D eigenvalue weighted by Gasteiger charge is 2.16. The molecule has 0 radical (unpaired) electrons. The lowest BCUT2D eigenvalue weighted by molar-refractivity contribution is 0.293. The van der Waals surface area contributed by atoms with Crippen LogP contribution in [0, 0.1) is 11.6 Å². The van der Waals surface area contributed by atoms with Crippen molar-refractivity contribution < 1.29 is 8.78 Å². The third kappa shape index (κ3) is 2.96. The minimum atomic E-state index is -0.554. The van der Waals surface area contributed by atoms with Gasteiger partial charge in [0.05, 0.1) is 11.0 Å². The number of nitrogens with zero attached hydrogens (tertiary/aromatic N) is 1. The van der Waals surface area contributed by atoms with Gasteiger partial charge < -0.3 is 5.73 Å². The Hall–Kier alpha value is -1.07. The third-order valence-corrected chi connectivity index (χ3v) is 2.88. The van der Waals surface area contributed by atoms with E-state index in [-0.39, 0.29) is 18.2 Å². The molecule has 1 unspecified atom stereocenters. The number of rotatable bonds is 4. The number of halogens is 2. The highest BCUT2D eigenvalue weighted by atomic mass is 32.1. The van der Waals surface area contributed by atoms with Crippen LogP contribution in [0.3, 0.4) is 0 Å². The molecule has 88 valence electrons. The maximum atomic E-state index is 13.3. The van der Waals surface area contributed by atoms with Gasteiger partial charge in [0.25, 0.3) is 0 Å². The molecule has 0 saturated heterocycles. The van der Waals surface area contributed by atoms with Gasteiger partial charge in [-0.05, 0) is 26.1 Å². The van der Waals surface area contributed by atoms with Gasteiger partial charge in [-0.2, -0.15) is 0 Å². The second-order valence-electron chi connectivity index (χ2n) is 3.69. The summed E-state index contributed by atoms with van der Waals surface area (Å²) in [4.78, 5) is 2.00. The van der Waals surface area contributed by atoms with Crippen LogP contribution in [0.15, 0.2) is 18.2 Å². The van der Waals surface area contributed by atoms with Crippen molar-refractivity contribution in [2.24, 2.45) is 5.73 Å². The first-order chi connectivity index (χ1) is 7.43. The van der Waals surface area contributed by atoms with Crippen molar-refractivity contribution in [3.63, 3.8) is 0 Å². The fourth-order valence-electron chi connectivity index (χ4n) is 1.29. The lowest BCUT2D eigenvalue weighted by Crippen LogP contribution is -2.39. The van der Waals surface area contributed by atoms with E-state index in [1.54, 1.807) is 18.9 Å². The fraction of sp³-hybridized carbons (Fsp3) is 0.364. The van der Waals surface area contributed by atoms with Crippen molar-refractivity contribution in [2.75, 3.05) is 7.05 Å². The van der Waals surface area contributed by atoms with Crippen molar-refractivity contribution in [1.29, 1.82) is 0 Å². The summed E-state index contributed by atoms with van der Waals surface area (Å²) in [5.74, 6) is -1.11. The smallest absolute Gasteiger partial charge is 0.130 e. The van der Waals surface area contributed by atoms with E-state index in [0.717, 1.165) is 0 Å². The van der Waals surface area contributed by atoms with Crippen molar-refractivity contribution >= 4 is 17.2 Å². The minimum absolute atomic E-state index is 0.0353. The van der Waals surface area contributed by atoms with Crippen LogP contribution in [0.25, 0.3) is 0 Å². The van der Waals surface area contributed by atoms with E-state index in [0.29, 0.717) is 4.99 Å². The lowest BCUT2D eigenvalue weighted by atomic mass is 10.1. The van der Waals surface area contributed by atoms with Crippen LogP contribution in [-0.4, -0.2) is 23.0 Å². The second kappa shape index (κ2) is 5.32. The van der Waals surface area contributed by atoms with Gasteiger partial charge >= 0.3 is 0 Å². The Kier molecular flexibility index (Phi) is 4.32. The van der Waals surface area contributed by atoms with E-state index < -0.39 is 11.6 Å². The standard InChI is InChI=1S/C11H14F2N2S/c1-7(11(14)16)15(2)6-8-9(12)4-3-5-10(8)13/h3-5,7H,6H2,1-2H3,(H2,14,16). The van der Waals surface area contributed by atoms with Crippen LogP contribution < -0.4 is 5.73 Å². The molecule has 1 aromatic rings. The molecule has 1 aromatic carbocycles. The summed E-state index contributed by atoms with van der Waals surface area (Å²) in [5, 5.41) is 0. The molecular weight excluding hydrogens is 230 g/mol.